The Morgan fingerprint density at radius 1 is 1.44 bits per heavy atom. The SMILES string of the molecule is CN(C)C(=O)CSC1=N[C@@H]2CS(=O)(=O)C[C@@H]2N1c1ccc(F)c(Cl)c1. The van der Waals surface area contributed by atoms with Crippen molar-refractivity contribution in [3.8, 4) is 0 Å². The molecule has 1 aromatic rings. The van der Waals surface area contributed by atoms with Gasteiger partial charge in [0, 0.05) is 19.8 Å². The summed E-state index contributed by atoms with van der Waals surface area (Å²) in [5.41, 5.74) is 0.569. The highest BCUT2D eigenvalue weighted by Gasteiger charge is 2.47. The summed E-state index contributed by atoms with van der Waals surface area (Å²) in [6.45, 7) is 0. The normalized spacial score (nSPS) is 24.2. The number of nitrogens with zero attached hydrogens (tertiary/aromatic N) is 3. The zero-order valence-electron chi connectivity index (χ0n) is 13.6. The Labute approximate surface area is 154 Å². The highest BCUT2D eigenvalue weighted by Crippen LogP contribution is 2.36. The molecule has 1 saturated heterocycles. The van der Waals surface area contributed by atoms with E-state index in [0.29, 0.717) is 10.9 Å². The molecule has 0 N–H and O–H groups in total. The molecule has 25 heavy (non-hydrogen) atoms. The van der Waals surface area contributed by atoms with E-state index in [2.05, 4.69) is 4.99 Å². The van der Waals surface area contributed by atoms with E-state index >= 15 is 0 Å². The van der Waals surface area contributed by atoms with Crippen LogP contribution in [0.5, 0.6) is 0 Å². The van der Waals surface area contributed by atoms with Crippen molar-refractivity contribution in [3.63, 3.8) is 0 Å². The molecule has 1 aromatic carbocycles. The lowest BCUT2D eigenvalue weighted by atomic mass is 10.1. The first-order valence-electron chi connectivity index (χ1n) is 7.53. The van der Waals surface area contributed by atoms with Gasteiger partial charge in [0.2, 0.25) is 5.91 Å². The van der Waals surface area contributed by atoms with Gasteiger partial charge in [-0.2, -0.15) is 0 Å². The van der Waals surface area contributed by atoms with Crippen LogP contribution in [-0.2, 0) is 14.6 Å². The number of thioether (sulfide) groups is 1. The van der Waals surface area contributed by atoms with Crippen molar-refractivity contribution in [2.24, 2.45) is 4.99 Å². The summed E-state index contributed by atoms with van der Waals surface area (Å²) in [7, 11) is 0.157. The fourth-order valence-corrected chi connectivity index (χ4v) is 5.95. The van der Waals surface area contributed by atoms with E-state index < -0.39 is 15.7 Å². The number of benzene rings is 1. The number of halogens is 2. The number of anilines is 1. The fourth-order valence-electron chi connectivity index (χ4n) is 2.83. The van der Waals surface area contributed by atoms with Crippen LogP contribution in [-0.4, -0.2) is 67.8 Å². The second-order valence-electron chi connectivity index (χ2n) is 6.17. The molecule has 6 nitrogen and oxygen atoms in total. The number of hydrogen-bond acceptors (Lipinski definition) is 6. The van der Waals surface area contributed by atoms with Gasteiger partial charge in [-0.05, 0) is 18.2 Å². The predicted octanol–water partition coefficient (Wildman–Crippen LogP) is 1.64. The topological polar surface area (TPSA) is 70.0 Å². The number of amidine groups is 1. The average Bonchev–Trinajstić information content (AvgIpc) is 2.98. The van der Waals surface area contributed by atoms with Gasteiger partial charge in [-0.25, -0.2) is 12.8 Å². The molecule has 2 aliphatic rings. The molecule has 2 atom stereocenters. The van der Waals surface area contributed by atoms with Gasteiger partial charge in [0.05, 0.1) is 34.4 Å². The maximum atomic E-state index is 13.5. The van der Waals surface area contributed by atoms with Crippen LogP contribution >= 0.6 is 23.4 Å². The van der Waals surface area contributed by atoms with Gasteiger partial charge in [-0.1, -0.05) is 23.4 Å². The minimum absolute atomic E-state index is 0.0191. The first kappa shape index (κ1) is 18.5. The maximum absolute atomic E-state index is 13.5. The van der Waals surface area contributed by atoms with Crippen molar-refractivity contribution in [1.29, 1.82) is 0 Å². The number of hydrogen-bond donors (Lipinski definition) is 0. The highest BCUT2D eigenvalue weighted by molar-refractivity contribution is 8.14. The molecule has 2 aliphatic heterocycles. The van der Waals surface area contributed by atoms with Crippen LogP contribution in [0, 0.1) is 5.82 Å². The van der Waals surface area contributed by atoms with E-state index in [1.807, 2.05) is 0 Å². The highest BCUT2D eigenvalue weighted by atomic mass is 35.5. The Bertz CT molecular complexity index is 844. The number of carbonyl (C=O) groups excluding carboxylic acids is 1. The third-order valence-electron chi connectivity index (χ3n) is 4.11. The van der Waals surface area contributed by atoms with Crippen molar-refractivity contribution in [2.45, 2.75) is 12.1 Å². The molecule has 0 aliphatic carbocycles. The van der Waals surface area contributed by atoms with Gasteiger partial charge in [0.1, 0.15) is 5.82 Å². The molecule has 0 radical (unpaired) electrons. The lowest BCUT2D eigenvalue weighted by Crippen LogP contribution is -2.39. The summed E-state index contributed by atoms with van der Waals surface area (Å²) in [6, 6.07) is 3.49. The standard InChI is InChI=1S/C15H17ClFN3O3S2/c1-19(2)14(21)6-24-15-18-12-7-25(22,23)8-13(12)20(15)9-3-4-11(17)10(16)5-9/h3-5,12-13H,6-8H2,1-2H3/t12-,13+/m1/s1. The number of sulfone groups is 1. The zero-order valence-corrected chi connectivity index (χ0v) is 16.0. The molecule has 1 fully saturated rings. The van der Waals surface area contributed by atoms with Crippen LogP contribution in [0.2, 0.25) is 5.02 Å². The summed E-state index contributed by atoms with van der Waals surface area (Å²) in [5.74, 6) is -0.483. The first-order chi connectivity index (χ1) is 11.7. The lowest BCUT2D eigenvalue weighted by Gasteiger charge is -2.26. The molecular formula is C15H17ClFN3O3S2. The Morgan fingerprint density at radius 2 is 2.16 bits per heavy atom. The zero-order chi connectivity index (χ0) is 18.4. The Kier molecular flexibility index (Phi) is 5.00. The number of amides is 1. The fraction of sp³-hybridized carbons (Fsp3) is 0.467. The molecule has 1 amide bonds. The quantitative estimate of drug-likeness (QED) is 0.764. The van der Waals surface area contributed by atoms with Gasteiger partial charge >= 0.3 is 0 Å². The predicted molar refractivity (Wildman–Crippen MR) is 98.7 cm³/mol. The molecule has 3 rings (SSSR count). The van der Waals surface area contributed by atoms with Crippen molar-refractivity contribution in [2.75, 3.05) is 36.3 Å². The second-order valence-corrected chi connectivity index (χ2v) is 9.67. The monoisotopic (exact) mass is 405 g/mol. The molecule has 136 valence electrons. The summed E-state index contributed by atoms with van der Waals surface area (Å²) in [6.07, 6.45) is 0. The third-order valence-corrected chi connectivity index (χ3v) is 7.05. The molecule has 2 heterocycles. The summed E-state index contributed by atoms with van der Waals surface area (Å²) >= 11 is 7.12. The summed E-state index contributed by atoms with van der Waals surface area (Å²) in [5, 5.41) is 0.512. The Hall–Kier alpha value is -1.32. The minimum Gasteiger partial charge on any atom is -0.348 e. The molecule has 0 saturated carbocycles. The van der Waals surface area contributed by atoms with Crippen molar-refractivity contribution >= 4 is 50.0 Å². The smallest absolute Gasteiger partial charge is 0.232 e. The Balaban J connectivity index is 1.91. The van der Waals surface area contributed by atoms with Gasteiger partial charge in [0.25, 0.3) is 0 Å². The van der Waals surface area contributed by atoms with Crippen molar-refractivity contribution in [1.82, 2.24) is 4.90 Å². The molecule has 10 heteroatoms. The Morgan fingerprint density at radius 3 is 2.80 bits per heavy atom. The number of rotatable bonds is 3. The van der Waals surface area contributed by atoms with E-state index in [0.717, 1.165) is 0 Å². The van der Waals surface area contributed by atoms with E-state index in [4.69, 9.17) is 11.6 Å². The largest absolute Gasteiger partial charge is 0.348 e. The van der Waals surface area contributed by atoms with Crippen molar-refractivity contribution < 1.29 is 17.6 Å². The van der Waals surface area contributed by atoms with Crippen LogP contribution < -0.4 is 4.90 Å². The first-order valence-corrected chi connectivity index (χ1v) is 10.7. The van der Waals surface area contributed by atoms with Crippen LogP contribution in [0.3, 0.4) is 0 Å². The van der Waals surface area contributed by atoms with Gasteiger partial charge in [-0.15, -0.1) is 0 Å². The van der Waals surface area contributed by atoms with Crippen LogP contribution in [0.25, 0.3) is 0 Å². The van der Waals surface area contributed by atoms with E-state index in [9.17, 15) is 17.6 Å². The molecule has 0 unspecified atom stereocenters. The summed E-state index contributed by atoms with van der Waals surface area (Å²) in [4.78, 5) is 19.6. The summed E-state index contributed by atoms with van der Waals surface area (Å²) < 4.78 is 37.4. The lowest BCUT2D eigenvalue weighted by molar-refractivity contribution is -0.125. The molecule has 0 spiro atoms. The molecule has 0 aromatic heterocycles. The second kappa shape index (κ2) is 6.77. The minimum atomic E-state index is -3.17. The van der Waals surface area contributed by atoms with Crippen LogP contribution in [0.4, 0.5) is 10.1 Å². The average molecular weight is 406 g/mol. The van der Waals surface area contributed by atoms with Gasteiger partial charge in [-0.3, -0.25) is 9.79 Å². The van der Waals surface area contributed by atoms with Crippen LogP contribution in [0.1, 0.15) is 0 Å². The van der Waals surface area contributed by atoms with Crippen LogP contribution in [0.15, 0.2) is 23.2 Å². The third kappa shape index (κ3) is 3.78. The number of carbonyl (C=O) groups is 1. The number of fused-ring (bicyclic) bond motifs is 1. The van der Waals surface area contributed by atoms with E-state index in [-0.39, 0.29) is 40.3 Å². The molecular weight excluding hydrogens is 389 g/mol. The molecule has 0 bridgehead atoms. The van der Waals surface area contributed by atoms with E-state index in [1.54, 1.807) is 25.1 Å². The number of aliphatic imine (C=N–C) groups is 1. The van der Waals surface area contributed by atoms with Gasteiger partial charge in [0.15, 0.2) is 15.0 Å². The van der Waals surface area contributed by atoms with Gasteiger partial charge < -0.3 is 9.80 Å². The maximum Gasteiger partial charge on any atom is 0.232 e. The van der Waals surface area contributed by atoms with E-state index in [1.165, 1.54) is 28.8 Å². The van der Waals surface area contributed by atoms with Crippen molar-refractivity contribution in [3.05, 3.63) is 29.0 Å².